The van der Waals surface area contributed by atoms with Crippen molar-refractivity contribution in [1.82, 2.24) is 0 Å². The Hall–Kier alpha value is -3.54. The molecule has 0 unspecified atom stereocenters. The van der Waals surface area contributed by atoms with Crippen molar-refractivity contribution in [1.29, 1.82) is 0 Å². The maximum atomic E-state index is 12.7. The van der Waals surface area contributed by atoms with Gasteiger partial charge in [0.1, 0.15) is 16.7 Å². The molecule has 2 heterocycles. The van der Waals surface area contributed by atoms with E-state index in [4.69, 9.17) is 18.3 Å². The van der Waals surface area contributed by atoms with Crippen molar-refractivity contribution in [2.24, 2.45) is 0 Å². The van der Waals surface area contributed by atoms with Crippen LogP contribution in [0.2, 0.25) is 0 Å². The van der Waals surface area contributed by atoms with Crippen molar-refractivity contribution in [2.45, 2.75) is 0 Å². The highest BCUT2D eigenvalue weighted by Gasteiger charge is 2.14. The van der Waals surface area contributed by atoms with Crippen molar-refractivity contribution in [3.8, 4) is 22.8 Å². The predicted octanol–water partition coefficient (Wildman–Crippen LogP) is 3.58. The van der Waals surface area contributed by atoms with Crippen LogP contribution in [-0.2, 0) is 0 Å². The van der Waals surface area contributed by atoms with E-state index >= 15 is 0 Å². The largest absolute Gasteiger partial charge is 0.493 e. The first-order valence-corrected chi connectivity index (χ1v) is 7.84. The number of methoxy groups -OCH3 is 2. The van der Waals surface area contributed by atoms with Crippen molar-refractivity contribution < 1.29 is 18.3 Å². The van der Waals surface area contributed by atoms with Crippen LogP contribution < -0.4 is 20.5 Å². The maximum absolute atomic E-state index is 12.7. The SMILES string of the molecule is COc1ccc(-c2cc(=O)c3c(ccc4ccc(=O)oc43)o2)cc1OC. The third-order valence-electron chi connectivity index (χ3n) is 4.15. The number of hydrogen-bond donors (Lipinski definition) is 0. The molecular formula is C20H14O6. The van der Waals surface area contributed by atoms with Gasteiger partial charge in [0.05, 0.1) is 14.2 Å². The lowest BCUT2D eigenvalue weighted by molar-refractivity contribution is 0.355. The van der Waals surface area contributed by atoms with Gasteiger partial charge in [0.2, 0.25) is 0 Å². The average Bonchev–Trinajstić information content (AvgIpc) is 2.66. The van der Waals surface area contributed by atoms with E-state index in [1.807, 2.05) is 0 Å². The summed E-state index contributed by atoms with van der Waals surface area (Å²) >= 11 is 0. The number of hydrogen-bond acceptors (Lipinski definition) is 6. The van der Waals surface area contributed by atoms with E-state index in [0.717, 1.165) is 0 Å². The van der Waals surface area contributed by atoms with E-state index in [-0.39, 0.29) is 16.4 Å². The van der Waals surface area contributed by atoms with Gasteiger partial charge in [-0.3, -0.25) is 4.79 Å². The Labute approximate surface area is 147 Å². The van der Waals surface area contributed by atoms with E-state index < -0.39 is 5.63 Å². The fourth-order valence-electron chi connectivity index (χ4n) is 2.90. The molecule has 0 N–H and O–H groups in total. The molecule has 26 heavy (non-hydrogen) atoms. The molecule has 0 aliphatic carbocycles. The molecule has 2 aromatic heterocycles. The molecule has 6 heteroatoms. The number of ether oxygens (including phenoxy) is 2. The lowest BCUT2D eigenvalue weighted by Crippen LogP contribution is -2.03. The molecule has 0 radical (unpaired) electrons. The molecule has 6 nitrogen and oxygen atoms in total. The second-order valence-electron chi connectivity index (χ2n) is 5.66. The van der Waals surface area contributed by atoms with Gasteiger partial charge in [-0.25, -0.2) is 4.79 Å². The minimum absolute atomic E-state index is 0.225. The molecule has 0 fully saturated rings. The van der Waals surface area contributed by atoms with Gasteiger partial charge >= 0.3 is 5.63 Å². The first kappa shape index (κ1) is 16.0. The molecule has 2 aromatic carbocycles. The van der Waals surface area contributed by atoms with Crippen LogP contribution >= 0.6 is 0 Å². The molecule has 0 saturated carbocycles. The average molecular weight is 350 g/mol. The van der Waals surface area contributed by atoms with Gasteiger partial charge in [0.25, 0.3) is 0 Å². The zero-order chi connectivity index (χ0) is 18.3. The Kier molecular flexibility index (Phi) is 3.73. The molecule has 0 bridgehead atoms. The molecule has 0 aliphatic heterocycles. The lowest BCUT2D eigenvalue weighted by Gasteiger charge is -2.09. The first-order chi connectivity index (χ1) is 12.6. The zero-order valence-corrected chi connectivity index (χ0v) is 14.1. The second-order valence-corrected chi connectivity index (χ2v) is 5.66. The minimum Gasteiger partial charge on any atom is -0.493 e. The quantitative estimate of drug-likeness (QED) is 0.415. The van der Waals surface area contributed by atoms with Crippen molar-refractivity contribution >= 4 is 21.9 Å². The third-order valence-corrected chi connectivity index (χ3v) is 4.15. The van der Waals surface area contributed by atoms with Gasteiger partial charge in [0, 0.05) is 23.1 Å². The summed E-state index contributed by atoms with van der Waals surface area (Å²) in [6.07, 6.45) is 0. The summed E-state index contributed by atoms with van der Waals surface area (Å²) in [6, 6.07) is 13.0. The molecule has 0 spiro atoms. The molecule has 0 aliphatic rings. The molecular weight excluding hydrogens is 336 g/mol. The van der Waals surface area contributed by atoms with Crippen LogP contribution in [0.4, 0.5) is 0 Å². The molecule has 0 saturated heterocycles. The minimum atomic E-state index is -0.520. The number of benzene rings is 2. The monoisotopic (exact) mass is 350 g/mol. The van der Waals surface area contributed by atoms with Crippen LogP contribution in [0, 0.1) is 0 Å². The molecule has 4 aromatic rings. The van der Waals surface area contributed by atoms with E-state index in [0.29, 0.717) is 33.8 Å². The Balaban J connectivity index is 1.98. The number of rotatable bonds is 3. The van der Waals surface area contributed by atoms with Crippen LogP contribution in [0.1, 0.15) is 0 Å². The Morgan fingerprint density at radius 2 is 1.58 bits per heavy atom. The first-order valence-electron chi connectivity index (χ1n) is 7.84. The van der Waals surface area contributed by atoms with Gasteiger partial charge < -0.3 is 18.3 Å². The summed E-state index contributed by atoms with van der Waals surface area (Å²) in [5, 5.41) is 0.896. The summed E-state index contributed by atoms with van der Waals surface area (Å²) in [6.45, 7) is 0. The second kappa shape index (κ2) is 6.07. The van der Waals surface area contributed by atoms with E-state index in [1.54, 1.807) is 43.5 Å². The summed E-state index contributed by atoms with van der Waals surface area (Å²) in [4.78, 5) is 24.2. The molecule has 0 atom stereocenters. The Morgan fingerprint density at radius 3 is 2.35 bits per heavy atom. The molecule has 0 amide bonds. The topological polar surface area (TPSA) is 78.9 Å². The van der Waals surface area contributed by atoms with Crippen molar-refractivity contribution in [2.75, 3.05) is 14.2 Å². The molecule has 4 rings (SSSR count). The highest BCUT2D eigenvalue weighted by molar-refractivity contribution is 6.01. The zero-order valence-electron chi connectivity index (χ0n) is 14.1. The van der Waals surface area contributed by atoms with E-state index in [9.17, 15) is 9.59 Å². The van der Waals surface area contributed by atoms with Crippen molar-refractivity contribution in [3.05, 3.63) is 69.2 Å². The van der Waals surface area contributed by atoms with Crippen LogP contribution in [0.3, 0.4) is 0 Å². The highest BCUT2D eigenvalue weighted by atomic mass is 16.5. The lowest BCUT2D eigenvalue weighted by atomic mass is 10.1. The summed E-state index contributed by atoms with van der Waals surface area (Å²) in [5.41, 5.74) is 0.410. The van der Waals surface area contributed by atoms with Gasteiger partial charge in [-0.15, -0.1) is 0 Å². The van der Waals surface area contributed by atoms with E-state index in [2.05, 4.69) is 0 Å². The van der Waals surface area contributed by atoms with Crippen LogP contribution in [0.25, 0.3) is 33.3 Å². The standard InChI is InChI=1S/C20H14O6/c1-23-14-6-4-12(9-17(14)24-2)16-10-13(21)19-15(25-16)7-3-11-5-8-18(22)26-20(11)19/h3-10H,1-2H3. The number of fused-ring (bicyclic) bond motifs is 3. The maximum Gasteiger partial charge on any atom is 0.336 e. The summed E-state index contributed by atoms with van der Waals surface area (Å²) < 4.78 is 21.6. The fraction of sp³-hybridized carbons (Fsp3) is 0.100. The Morgan fingerprint density at radius 1 is 0.808 bits per heavy atom. The van der Waals surface area contributed by atoms with Crippen molar-refractivity contribution in [3.63, 3.8) is 0 Å². The van der Waals surface area contributed by atoms with Crippen LogP contribution in [-0.4, -0.2) is 14.2 Å². The van der Waals surface area contributed by atoms with Gasteiger partial charge in [0.15, 0.2) is 22.5 Å². The predicted molar refractivity (Wildman–Crippen MR) is 97.1 cm³/mol. The smallest absolute Gasteiger partial charge is 0.336 e. The third kappa shape index (κ3) is 2.52. The van der Waals surface area contributed by atoms with E-state index in [1.165, 1.54) is 19.2 Å². The van der Waals surface area contributed by atoms with Gasteiger partial charge in [-0.05, 0) is 36.4 Å². The van der Waals surface area contributed by atoms with Crippen LogP contribution in [0.5, 0.6) is 11.5 Å². The van der Waals surface area contributed by atoms with Gasteiger partial charge in [-0.2, -0.15) is 0 Å². The summed E-state index contributed by atoms with van der Waals surface area (Å²) in [5.74, 6) is 1.48. The Bertz CT molecular complexity index is 1250. The molecule has 130 valence electrons. The summed E-state index contributed by atoms with van der Waals surface area (Å²) in [7, 11) is 3.08. The highest BCUT2D eigenvalue weighted by Crippen LogP contribution is 2.33. The fourth-order valence-corrected chi connectivity index (χ4v) is 2.90. The normalized spacial score (nSPS) is 11.0. The van der Waals surface area contributed by atoms with Gasteiger partial charge in [-0.1, -0.05) is 0 Å². The van der Waals surface area contributed by atoms with Crippen LogP contribution in [0.15, 0.2) is 67.0 Å².